The van der Waals surface area contributed by atoms with E-state index >= 15 is 0 Å². The summed E-state index contributed by atoms with van der Waals surface area (Å²) in [5.41, 5.74) is 5.76. The van der Waals surface area contributed by atoms with Crippen LogP contribution >= 0.6 is 0 Å². The van der Waals surface area contributed by atoms with Crippen molar-refractivity contribution < 1.29 is 0 Å². The van der Waals surface area contributed by atoms with E-state index in [9.17, 15) is 0 Å². The Kier molecular flexibility index (Phi) is 3.39. The first-order chi connectivity index (χ1) is 9.29. The summed E-state index contributed by atoms with van der Waals surface area (Å²) in [5.74, 6) is 0.557. The van der Waals surface area contributed by atoms with Gasteiger partial charge in [0.15, 0.2) is 0 Å². The van der Waals surface area contributed by atoms with Crippen LogP contribution in [0.4, 0.5) is 0 Å². The van der Waals surface area contributed by atoms with Crippen LogP contribution in [0.15, 0.2) is 48.5 Å². The average Bonchev–Trinajstić information content (AvgIpc) is 2.47. The number of aryl methyl sites for hydroxylation is 1. The van der Waals surface area contributed by atoms with Crippen LogP contribution in [0.3, 0.4) is 0 Å². The maximum Gasteiger partial charge on any atom is 0.0320 e. The summed E-state index contributed by atoms with van der Waals surface area (Å²) in [7, 11) is 2.06. The highest BCUT2D eigenvalue weighted by Gasteiger charge is 2.26. The third kappa shape index (κ3) is 2.31. The topological polar surface area (TPSA) is 12.0 Å². The van der Waals surface area contributed by atoms with Gasteiger partial charge in [-0.2, -0.15) is 0 Å². The van der Waals surface area contributed by atoms with Crippen LogP contribution in [-0.2, 0) is 0 Å². The molecule has 1 aliphatic rings. The summed E-state index contributed by atoms with van der Waals surface area (Å²) in [4.78, 5) is 0. The molecule has 2 aromatic rings. The van der Waals surface area contributed by atoms with E-state index in [1.165, 1.54) is 35.1 Å². The number of benzene rings is 2. The summed E-state index contributed by atoms with van der Waals surface area (Å²) in [6.07, 6.45) is 2.44. The molecular weight excluding hydrogens is 230 g/mol. The number of hydrogen-bond donors (Lipinski definition) is 1. The molecule has 0 aromatic heterocycles. The minimum Gasteiger partial charge on any atom is -0.313 e. The van der Waals surface area contributed by atoms with E-state index in [1.54, 1.807) is 0 Å². The van der Waals surface area contributed by atoms with Crippen molar-refractivity contribution in [3.63, 3.8) is 0 Å². The largest absolute Gasteiger partial charge is 0.313 e. The number of rotatable bonds is 2. The first-order valence-electron chi connectivity index (χ1n) is 7.12. The van der Waals surface area contributed by atoms with Gasteiger partial charge in [0, 0.05) is 12.0 Å². The highest BCUT2D eigenvalue weighted by Crippen LogP contribution is 2.40. The lowest BCUT2D eigenvalue weighted by atomic mass is 9.77. The second kappa shape index (κ2) is 5.18. The lowest BCUT2D eigenvalue weighted by molar-refractivity contribution is 0.471. The number of hydrogen-bond acceptors (Lipinski definition) is 1. The Morgan fingerprint density at radius 2 is 1.58 bits per heavy atom. The molecule has 2 atom stereocenters. The SMILES string of the molecule is CNC1CCC(c2ccc(C)cc2)c2ccccc21. The van der Waals surface area contributed by atoms with Crippen molar-refractivity contribution in [2.75, 3.05) is 7.05 Å². The first kappa shape index (κ1) is 12.4. The highest BCUT2D eigenvalue weighted by atomic mass is 14.9. The molecule has 19 heavy (non-hydrogen) atoms. The van der Waals surface area contributed by atoms with Crippen LogP contribution in [0.1, 0.15) is 47.1 Å². The van der Waals surface area contributed by atoms with Gasteiger partial charge < -0.3 is 5.32 Å². The molecule has 0 fully saturated rings. The molecule has 0 aliphatic heterocycles. The quantitative estimate of drug-likeness (QED) is 0.844. The van der Waals surface area contributed by atoms with Gasteiger partial charge in [0.1, 0.15) is 0 Å². The van der Waals surface area contributed by atoms with E-state index in [2.05, 4.69) is 67.8 Å². The highest BCUT2D eigenvalue weighted by molar-refractivity contribution is 5.42. The summed E-state index contributed by atoms with van der Waals surface area (Å²) in [6.45, 7) is 2.15. The molecule has 0 saturated carbocycles. The molecule has 1 N–H and O–H groups in total. The van der Waals surface area contributed by atoms with Gasteiger partial charge in [0.2, 0.25) is 0 Å². The molecular formula is C18H21N. The van der Waals surface area contributed by atoms with Crippen molar-refractivity contribution in [1.82, 2.24) is 5.32 Å². The summed E-state index contributed by atoms with van der Waals surface area (Å²) >= 11 is 0. The Hall–Kier alpha value is -1.60. The fourth-order valence-electron chi connectivity index (χ4n) is 3.23. The fourth-order valence-corrected chi connectivity index (χ4v) is 3.23. The van der Waals surface area contributed by atoms with Crippen LogP contribution in [-0.4, -0.2) is 7.05 Å². The predicted molar refractivity (Wildman–Crippen MR) is 80.5 cm³/mol. The van der Waals surface area contributed by atoms with Gasteiger partial charge in [-0.05, 0) is 43.5 Å². The van der Waals surface area contributed by atoms with Crippen molar-refractivity contribution in [3.8, 4) is 0 Å². The molecule has 1 nitrogen and oxygen atoms in total. The summed E-state index contributed by atoms with van der Waals surface area (Å²) in [6, 6.07) is 18.4. The van der Waals surface area contributed by atoms with Gasteiger partial charge in [-0.1, -0.05) is 54.1 Å². The molecule has 1 heteroatoms. The molecule has 98 valence electrons. The Morgan fingerprint density at radius 3 is 2.26 bits per heavy atom. The summed E-state index contributed by atoms with van der Waals surface area (Å²) in [5, 5.41) is 3.44. The molecule has 0 amide bonds. The van der Waals surface area contributed by atoms with E-state index in [0.717, 1.165) is 0 Å². The van der Waals surface area contributed by atoms with E-state index in [0.29, 0.717) is 12.0 Å². The first-order valence-corrected chi connectivity index (χ1v) is 7.12. The van der Waals surface area contributed by atoms with Crippen LogP contribution < -0.4 is 5.32 Å². The molecule has 0 radical (unpaired) electrons. The monoisotopic (exact) mass is 251 g/mol. The summed E-state index contributed by atoms with van der Waals surface area (Å²) < 4.78 is 0. The lowest BCUT2D eigenvalue weighted by Gasteiger charge is -2.31. The van der Waals surface area contributed by atoms with Crippen molar-refractivity contribution in [2.24, 2.45) is 0 Å². The zero-order valence-electron chi connectivity index (χ0n) is 11.7. The molecule has 1 aliphatic carbocycles. The Morgan fingerprint density at radius 1 is 0.895 bits per heavy atom. The molecule has 2 aromatic carbocycles. The minimum absolute atomic E-state index is 0.512. The van der Waals surface area contributed by atoms with Crippen LogP contribution in [0.5, 0.6) is 0 Å². The Labute approximate surface area is 115 Å². The smallest absolute Gasteiger partial charge is 0.0320 e. The normalized spacial score (nSPS) is 22.0. The standard InChI is InChI=1S/C18H21N/c1-13-7-9-14(10-8-13)15-11-12-18(19-2)17-6-4-3-5-16(15)17/h3-10,15,18-19H,11-12H2,1-2H3. The van der Waals surface area contributed by atoms with Gasteiger partial charge in [-0.15, -0.1) is 0 Å². The maximum atomic E-state index is 3.44. The van der Waals surface area contributed by atoms with E-state index in [4.69, 9.17) is 0 Å². The van der Waals surface area contributed by atoms with Crippen LogP contribution in [0.2, 0.25) is 0 Å². The van der Waals surface area contributed by atoms with Crippen molar-refractivity contribution >= 4 is 0 Å². The molecule has 0 bridgehead atoms. The molecule has 0 heterocycles. The third-order valence-electron chi connectivity index (χ3n) is 4.32. The third-order valence-corrected chi connectivity index (χ3v) is 4.32. The van der Waals surface area contributed by atoms with Crippen molar-refractivity contribution in [2.45, 2.75) is 31.7 Å². The molecule has 2 unspecified atom stereocenters. The van der Waals surface area contributed by atoms with Gasteiger partial charge in [0.25, 0.3) is 0 Å². The van der Waals surface area contributed by atoms with E-state index < -0.39 is 0 Å². The maximum absolute atomic E-state index is 3.44. The second-order valence-electron chi connectivity index (χ2n) is 5.51. The van der Waals surface area contributed by atoms with Crippen LogP contribution in [0.25, 0.3) is 0 Å². The second-order valence-corrected chi connectivity index (χ2v) is 5.51. The number of nitrogens with one attached hydrogen (secondary N) is 1. The van der Waals surface area contributed by atoms with Crippen molar-refractivity contribution in [3.05, 3.63) is 70.8 Å². The zero-order chi connectivity index (χ0) is 13.2. The average molecular weight is 251 g/mol. The Balaban J connectivity index is 2.02. The fraction of sp³-hybridized carbons (Fsp3) is 0.333. The van der Waals surface area contributed by atoms with Gasteiger partial charge in [-0.3, -0.25) is 0 Å². The van der Waals surface area contributed by atoms with Gasteiger partial charge >= 0.3 is 0 Å². The van der Waals surface area contributed by atoms with E-state index in [1.807, 2.05) is 0 Å². The molecule has 3 rings (SSSR count). The molecule has 0 saturated heterocycles. The van der Waals surface area contributed by atoms with E-state index in [-0.39, 0.29) is 0 Å². The lowest BCUT2D eigenvalue weighted by Crippen LogP contribution is -2.24. The molecule has 0 spiro atoms. The predicted octanol–water partition coefficient (Wildman–Crippen LogP) is 4.18. The van der Waals surface area contributed by atoms with Crippen molar-refractivity contribution in [1.29, 1.82) is 0 Å². The Bertz CT molecular complexity index is 556. The van der Waals surface area contributed by atoms with Gasteiger partial charge in [0.05, 0.1) is 0 Å². The number of fused-ring (bicyclic) bond motifs is 1. The minimum atomic E-state index is 0.512. The zero-order valence-corrected chi connectivity index (χ0v) is 11.7. The van der Waals surface area contributed by atoms with Gasteiger partial charge in [-0.25, -0.2) is 0 Å². The van der Waals surface area contributed by atoms with Crippen LogP contribution in [0, 0.1) is 6.92 Å².